The van der Waals surface area contributed by atoms with Gasteiger partial charge < -0.3 is 4.90 Å². The van der Waals surface area contributed by atoms with Gasteiger partial charge in [0.2, 0.25) is 0 Å². The molecule has 0 bridgehead atoms. The summed E-state index contributed by atoms with van der Waals surface area (Å²) < 4.78 is 0. The first-order valence-corrected chi connectivity index (χ1v) is 7.91. The second-order valence-electron chi connectivity index (χ2n) is 5.39. The molecule has 1 aromatic heterocycles. The van der Waals surface area contributed by atoms with E-state index in [4.69, 9.17) is 0 Å². The molecule has 1 N–H and O–H groups in total. The molecule has 110 valence electrons. The summed E-state index contributed by atoms with van der Waals surface area (Å²) in [5.74, 6) is 0. The third kappa shape index (κ3) is 3.71. The first-order valence-electron chi connectivity index (χ1n) is 7.91. The lowest BCUT2D eigenvalue weighted by molar-refractivity contribution is 0.637. The molecular formula is C16H26N4. The second-order valence-corrected chi connectivity index (χ2v) is 5.39. The highest BCUT2D eigenvalue weighted by Gasteiger charge is 2.11. The molecule has 0 radical (unpaired) electrons. The molecule has 0 saturated heterocycles. The van der Waals surface area contributed by atoms with Crippen molar-refractivity contribution in [2.24, 2.45) is 0 Å². The van der Waals surface area contributed by atoms with Crippen molar-refractivity contribution in [2.45, 2.75) is 52.4 Å². The zero-order chi connectivity index (χ0) is 14.2. The number of H-pyrrole nitrogens is 1. The highest BCUT2D eigenvalue weighted by Crippen LogP contribution is 2.24. The summed E-state index contributed by atoms with van der Waals surface area (Å²) in [6, 6.07) is 6.29. The average Bonchev–Trinajstić information content (AvgIpc) is 2.94. The summed E-state index contributed by atoms with van der Waals surface area (Å²) in [4.78, 5) is 2.48. The zero-order valence-electron chi connectivity index (χ0n) is 12.7. The SMILES string of the molecule is CCCCCN(CCCCC)c1cccc2[nH]nnc12. The van der Waals surface area contributed by atoms with Crippen LogP contribution in [0.4, 0.5) is 5.69 Å². The van der Waals surface area contributed by atoms with Gasteiger partial charge in [-0.1, -0.05) is 50.8 Å². The van der Waals surface area contributed by atoms with Crippen molar-refractivity contribution in [1.29, 1.82) is 0 Å². The summed E-state index contributed by atoms with van der Waals surface area (Å²) in [6.45, 7) is 6.73. The number of nitrogens with one attached hydrogen (secondary N) is 1. The number of anilines is 1. The fourth-order valence-corrected chi connectivity index (χ4v) is 2.57. The highest BCUT2D eigenvalue weighted by atomic mass is 15.3. The fourth-order valence-electron chi connectivity index (χ4n) is 2.57. The molecule has 1 heterocycles. The number of nitrogens with zero attached hydrogens (tertiary/aromatic N) is 3. The van der Waals surface area contributed by atoms with Crippen LogP contribution in [0, 0.1) is 0 Å². The predicted molar refractivity (Wildman–Crippen MR) is 85.2 cm³/mol. The molecule has 0 aliphatic rings. The maximum absolute atomic E-state index is 4.25. The molecule has 0 aliphatic heterocycles. The van der Waals surface area contributed by atoms with Gasteiger partial charge in [-0.05, 0) is 25.0 Å². The van der Waals surface area contributed by atoms with Crippen molar-refractivity contribution in [1.82, 2.24) is 15.4 Å². The molecule has 0 amide bonds. The Hall–Kier alpha value is -1.58. The van der Waals surface area contributed by atoms with E-state index in [9.17, 15) is 0 Å². The minimum atomic E-state index is 1.00. The minimum Gasteiger partial charge on any atom is -0.370 e. The number of benzene rings is 1. The number of hydrogen-bond acceptors (Lipinski definition) is 3. The van der Waals surface area contributed by atoms with Crippen LogP contribution in [-0.4, -0.2) is 28.5 Å². The lowest BCUT2D eigenvalue weighted by atomic mass is 10.1. The molecule has 2 aromatic rings. The Morgan fingerprint density at radius 2 is 1.70 bits per heavy atom. The first-order chi connectivity index (χ1) is 9.86. The van der Waals surface area contributed by atoms with Crippen LogP contribution in [0.15, 0.2) is 18.2 Å². The van der Waals surface area contributed by atoms with Gasteiger partial charge in [0.25, 0.3) is 0 Å². The van der Waals surface area contributed by atoms with Crippen LogP contribution >= 0.6 is 0 Å². The van der Waals surface area contributed by atoms with Crippen molar-refractivity contribution in [3.05, 3.63) is 18.2 Å². The summed E-state index contributed by atoms with van der Waals surface area (Å²) in [7, 11) is 0. The normalized spacial score (nSPS) is 11.1. The first kappa shape index (κ1) is 14.8. The van der Waals surface area contributed by atoms with E-state index >= 15 is 0 Å². The number of aromatic nitrogens is 3. The Morgan fingerprint density at radius 3 is 2.35 bits per heavy atom. The van der Waals surface area contributed by atoms with Crippen LogP contribution < -0.4 is 4.90 Å². The van der Waals surface area contributed by atoms with Crippen LogP contribution in [0.5, 0.6) is 0 Å². The monoisotopic (exact) mass is 274 g/mol. The molecule has 2 rings (SSSR count). The topological polar surface area (TPSA) is 44.8 Å². The number of unbranched alkanes of at least 4 members (excludes halogenated alkanes) is 4. The Balaban J connectivity index is 2.13. The summed E-state index contributed by atoms with van der Waals surface area (Å²) in [6.07, 6.45) is 7.60. The van der Waals surface area contributed by atoms with Gasteiger partial charge in [0.05, 0.1) is 11.2 Å². The van der Waals surface area contributed by atoms with Crippen LogP contribution in [0.3, 0.4) is 0 Å². The van der Waals surface area contributed by atoms with E-state index in [2.05, 4.69) is 46.3 Å². The fraction of sp³-hybridized carbons (Fsp3) is 0.625. The third-order valence-corrected chi connectivity index (χ3v) is 3.74. The molecule has 0 spiro atoms. The number of hydrogen-bond donors (Lipinski definition) is 1. The zero-order valence-corrected chi connectivity index (χ0v) is 12.7. The van der Waals surface area contributed by atoms with E-state index in [-0.39, 0.29) is 0 Å². The molecule has 0 aliphatic carbocycles. The maximum Gasteiger partial charge on any atom is 0.136 e. The van der Waals surface area contributed by atoms with Gasteiger partial charge in [-0.2, -0.15) is 0 Å². The Bertz CT molecular complexity index is 496. The van der Waals surface area contributed by atoms with Crippen molar-refractivity contribution in [3.63, 3.8) is 0 Å². The van der Waals surface area contributed by atoms with Crippen molar-refractivity contribution in [3.8, 4) is 0 Å². The van der Waals surface area contributed by atoms with Gasteiger partial charge in [0, 0.05) is 13.1 Å². The standard InChI is InChI=1S/C16H26N4/c1-3-5-7-12-20(13-8-6-4-2)15-11-9-10-14-16(15)18-19-17-14/h9-11H,3-8,12-13H2,1-2H3,(H,17,18,19). The smallest absolute Gasteiger partial charge is 0.136 e. The van der Waals surface area contributed by atoms with Crippen LogP contribution in [0.1, 0.15) is 52.4 Å². The van der Waals surface area contributed by atoms with E-state index in [0.29, 0.717) is 0 Å². The van der Waals surface area contributed by atoms with Crippen molar-refractivity contribution in [2.75, 3.05) is 18.0 Å². The number of aromatic amines is 1. The van der Waals surface area contributed by atoms with Gasteiger partial charge in [-0.15, -0.1) is 5.10 Å². The van der Waals surface area contributed by atoms with Crippen molar-refractivity contribution < 1.29 is 0 Å². The molecule has 0 fully saturated rings. The van der Waals surface area contributed by atoms with Gasteiger partial charge >= 0.3 is 0 Å². The molecule has 1 aromatic carbocycles. The average molecular weight is 274 g/mol. The predicted octanol–water partition coefficient (Wildman–Crippen LogP) is 4.14. The molecule has 4 heteroatoms. The largest absolute Gasteiger partial charge is 0.370 e. The lowest BCUT2D eigenvalue weighted by Gasteiger charge is -2.25. The number of fused-ring (bicyclic) bond motifs is 1. The second kappa shape index (κ2) is 7.88. The van der Waals surface area contributed by atoms with E-state index in [1.807, 2.05) is 6.07 Å². The van der Waals surface area contributed by atoms with Gasteiger partial charge in [0.1, 0.15) is 5.52 Å². The Labute approximate surface area is 121 Å². The van der Waals surface area contributed by atoms with Crippen LogP contribution in [-0.2, 0) is 0 Å². The molecule has 0 saturated carbocycles. The lowest BCUT2D eigenvalue weighted by Crippen LogP contribution is -2.26. The molecular weight excluding hydrogens is 248 g/mol. The van der Waals surface area contributed by atoms with E-state index in [0.717, 1.165) is 24.1 Å². The minimum absolute atomic E-state index is 1.00. The molecule has 20 heavy (non-hydrogen) atoms. The van der Waals surface area contributed by atoms with Crippen molar-refractivity contribution >= 4 is 16.7 Å². The molecule has 0 unspecified atom stereocenters. The maximum atomic E-state index is 4.25. The molecule has 0 atom stereocenters. The summed E-state index contributed by atoms with van der Waals surface area (Å²) >= 11 is 0. The van der Waals surface area contributed by atoms with Gasteiger partial charge in [-0.3, -0.25) is 5.10 Å². The van der Waals surface area contributed by atoms with Crippen LogP contribution in [0.2, 0.25) is 0 Å². The highest BCUT2D eigenvalue weighted by molar-refractivity contribution is 5.87. The molecule has 4 nitrogen and oxygen atoms in total. The van der Waals surface area contributed by atoms with Gasteiger partial charge in [0.15, 0.2) is 0 Å². The van der Waals surface area contributed by atoms with Crippen LogP contribution in [0.25, 0.3) is 11.0 Å². The van der Waals surface area contributed by atoms with E-state index < -0.39 is 0 Å². The Kier molecular flexibility index (Phi) is 5.84. The third-order valence-electron chi connectivity index (χ3n) is 3.74. The quantitative estimate of drug-likeness (QED) is 0.699. The summed E-state index contributed by atoms with van der Waals surface area (Å²) in [5, 5.41) is 11.1. The summed E-state index contributed by atoms with van der Waals surface area (Å²) in [5.41, 5.74) is 3.25. The number of rotatable bonds is 9. The van der Waals surface area contributed by atoms with Gasteiger partial charge in [-0.25, -0.2) is 0 Å². The van der Waals surface area contributed by atoms with E-state index in [1.165, 1.54) is 44.2 Å². The Morgan fingerprint density at radius 1 is 1.00 bits per heavy atom. The van der Waals surface area contributed by atoms with E-state index in [1.54, 1.807) is 0 Å².